The van der Waals surface area contributed by atoms with Gasteiger partial charge in [0.05, 0.1) is 5.69 Å². The fourth-order valence-electron chi connectivity index (χ4n) is 2.68. The molecule has 2 aromatic carbocycles. The third-order valence-corrected chi connectivity index (χ3v) is 4.94. The first-order valence-electron chi connectivity index (χ1n) is 7.83. The van der Waals surface area contributed by atoms with Gasteiger partial charge in [0.25, 0.3) is 0 Å². The van der Waals surface area contributed by atoms with Gasteiger partial charge < -0.3 is 0 Å². The number of nitrogens with zero attached hydrogens (tertiary/aromatic N) is 2. The van der Waals surface area contributed by atoms with E-state index >= 15 is 0 Å². The average molecular weight is 328 g/mol. The summed E-state index contributed by atoms with van der Waals surface area (Å²) in [6.07, 6.45) is 3.70. The highest BCUT2D eigenvalue weighted by Gasteiger charge is 2.09. The molecular weight excluding hydrogens is 312 g/mol. The monoisotopic (exact) mass is 328 g/mol. The third-order valence-electron chi connectivity index (χ3n) is 4.06. The van der Waals surface area contributed by atoms with Crippen LogP contribution in [0.5, 0.6) is 0 Å². The van der Waals surface area contributed by atoms with Gasteiger partial charge >= 0.3 is 0 Å². The molecule has 0 fully saturated rings. The summed E-state index contributed by atoms with van der Waals surface area (Å²) < 4.78 is 0. The largest absolute Gasteiger partial charge is 0.264 e. The highest BCUT2D eigenvalue weighted by atomic mass is 32.1. The maximum atomic E-state index is 4.79. The minimum atomic E-state index is 1.01. The molecule has 4 rings (SSSR count). The standard InChI is InChI=1S/C21H16N2S/c1-15-11-12-22-13-19(15)21-23-20(14-24-21)18-9-7-17(8-10-18)16-5-3-2-4-6-16/h2-14H,1H3. The van der Waals surface area contributed by atoms with Crippen LogP contribution in [0.4, 0.5) is 0 Å². The summed E-state index contributed by atoms with van der Waals surface area (Å²) in [7, 11) is 0. The zero-order chi connectivity index (χ0) is 16.4. The van der Waals surface area contributed by atoms with Crippen molar-refractivity contribution in [1.82, 2.24) is 9.97 Å². The van der Waals surface area contributed by atoms with Crippen molar-refractivity contribution < 1.29 is 0 Å². The van der Waals surface area contributed by atoms with Gasteiger partial charge in [0.15, 0.2) is 0 Å². The van der Waals surface area contributed by atoms with Crippen LogP contribution in [0.1, 0.15) is 5.56 Å². The number of hydrogen-bond donors (Lipinski definition) is 0. The Labute approximate surface area is 145 Å². The van der Waals surface area contributed by atoms with E-state index in [4.69, 9.17) is 4.98 Å². The number of aryl methyl sites for hydroxylation is 1. The summed E-state index contributed by atoms with van der Waals surface area (Å²) >= 11 is 1.66. The van der Waals surface area contributed by atoms with Crippen molar-refractivity contribution in [3.05, 3.63) is 84.0 Å². The molecule has 2 heterocycles. The second-order valence-electron chi connectivity index (χ2n) is 5.67. The summed E-state index contributed by atoms with van der Waals surface area (Å²) in [5.41, 5.74) is 6.91. The van der Waals surface area contributed by atoms with E-state index in [1.165, 1.54) is 16.7 Å². The zero-order valence-electron chi connectivity index (χ0n) is 13.3. The molecule has 0 spiro atoms. The van der Waals surface area contributed by atoms with E-state index in [1.54, 1.807) is 11.3 Å². The number of pyridine rings is 1. The Morgan fingerprint density at radius 3 is 2.25 bits per heavy atom. The molecule has 2 aromatic heterocycles. The SMILES string of the molecule is Cc1ccncc1-c1nc(-c2ccc(-c3ccccc3)cc2)cs1. The Kier molecular flexibility index (Phi) is 3.93. The lowest BCUT2D eigenvalue weighted by Crippen LogP contribution is -1.85. The predicted molar refractivity (Wildman–Crippen MR) is 101 cm³/mol. The number of thiazole rings is 1. The van der Waals surface area contributed by atoms with E-state index in [1.807, 2.05) is 24.5 Å². The van der Waals surface area contributed by atoms with E-state index in [0.29, 0.717) is 0 Å². The summed E-state index contributed by atoms with van der Waals surface area (Å²) in [4.78, 5) is 9.01. The summed E-state index contributed by atoms with van der Waals surface area (Å²) in [5, 5.41) is 3.13. The predicted octanol–water partition coefficient (Wildman–Crippen LogP) is 5.85. The van der Waals surface area contributed by atoms with Gasteiger partial charge in [-0.3, -0.25) is 4.98 Å². The van der Waals surface area contributed by atoms with Crippen LogP contribution in [-0.4, -0.2) is 9.97 Å². The van der Waals surface area contributed by atoms with Crippen LogP contribution in [0.25, 0.3) is 33.0 Å². The highest BCUT2D eigenvalue weighted by Crippen LogP contribution is 2.31. The summed E-state index contributed by atoms with van der Waals surface area (Å²) in [6, 6.07) is 21.0. The van der Waals surface area contributed by atoms with Gasteiger partial charge in [-0.25, -0.2) is 4.98 Å². The number of benzene rings is 2. The normalized spacial score (nSPS) is 10.7. The van der Waals surface area contributed by atoms with Crippen molar-refractivity contribution in [2.45, 2.75) is 6.92 Å². The molecule has 4 aromatic rings. The van der Waals surface area contributed by atoms with Crippen molar-refractivity contribution in [3.63, 3.8) is 0 Å². The Bertz CT molecular complexity index is 957. The molecule has 0 radical (unpaired) electrons. The van der Waals surface area contributed by atoms with Crippen LogP contribution in [0.3, 0.4) is 0 Å². The van der Waals surface area contributed by atoms with Crippen LogP contribution in [0.15, 0.2) is 78.4 Å². The quantitative estimate of drug-likeness (QED) is 0.471. The highest BCUT2D eigenvalue weighted by molar-refractivity contribution is 7.13. The topological polar surface area (TPSA) is 25.8 Å². The van der Waals surface area contributed by atoms with Crippen LogP contribution in [0, 0.1) is 6.92 Å². The Hall–Kier alpha value is -2.78. The van der Waals surface area contributed by atoms with Gasteiger partial charge in [0.1, 0.15) is 5.01 Å². The van der Waals surface area contributed by atoms with Crippen molar-refractivity contribution in [1.29, 1.82) is 0 Å². The first kappa shape index (κ1) is 14.8. The van der Waals surface area contributed by atoms with Gasteiger partial charge in [-0.05, 0) is 29.7 Å². The van der Waals surface area contributed by atoms with Crippen LogP contribution in [-0.2, 0) is 0 Å². The zero-order valence-corrected chi connectivity index (χ0v) is 14.1. The van der Waals surface area contributed by atoms with Crippen molar-refractivity contribution in [2.75, 3.05) is 0 Å². The molecule has 3 heteroatoms. The lowest BCUT2D eigenvalue weighted by atomic mass is 10.0. The lowest BCUT2D eigenvalue weighted by molar-refractivity contribution is 1.27. The summed E-state index contributed by atoms with van der Waals surface area (Å²) in [6.45, 7) is 2.09. The fraction of sp³-hybridized carbons (Fsp3) is 0.0476. The maximum absolute atomic E-state index is 4.79. The fourth-order valence-corrected chi connectivity index (χ4v) is 3.59. The third kappa shape index (κ3) is 2.86. The maximum Gasteiger partial charge on any atom is 0.125 e. The van der Waals surface area contributed by atoms with E-state index in [2.05, 4.69) is 65.8 Å². The minimum Gasteiger partial charge on any atom is -0.264 e. The molecule has 0 bridgehead atoms. The second-order valence-corrected chi connectivity index (χ2v) is 6.53. The minimum absolute atomic E-state index is 1.01. The Morgan fingerprint density at radius 2 is 1.50 bits per heavy atom. The molecule has 0 saturated carbocycles. The molecule has 116 valence electrons. The number of aromatic nitrogens is 2. The van der Waals surface area contributed by atoms with E-state index in [-0.39, 0.29) is 0 Å². The Balaban J connectivity index is 1.65. The number of rotatable bonds is 3. The van der Waals surface area contributed by atoms with Gasteiger partial charge in [-0.15, -0.1) is 11.3 Å². The van der Waals surface area contributed by atoms with E-state index in [0.717, 1.165) is 21.8 Å². The number of hydrogen-bond acceptors (Lipinski definition) is 3. The molecule has 0 saturated heterocycles. The van der Waals surface area contributed by atoms with Crippen molar-refractivity contribution in [3.8, 4) is 33.0 Å². The van der Waals surface area contributed by atoms with Crippen molar-refractivity contribution >= 4 is 11.3 Å². The molecule has 0 unspecified atom stereocenters. The summed E-state index contributed by atoms with van der Waals surface area (Å²) in [5.74, 6) is 0. The Morgan fingerprint density at radius 1 is 0.792 bits per heavy atom. The first-order valence-corrected chi connectivity index (χ1v) is 8.71. The molecule has 0 aliphatic heterocycles. The molecule has 2 nitrogen and oxygen atoms in total. The molecule has 0 atom stereocenters. The van der Waals surface area contributed by atoms with Crippen LogP contribution >= 0.6 is 11.3 Å². The molecule has 0 amide bonds. The smallest absolute Gasteiger partial charge is 0.125 e. The second kappa shape index (κ2) is 6.38. The van der Waals surface area contributed by atoms with Gasteiger partial charge in [-0.1, -0.05) is 54.6 Å². The van der Waals surface area contributed by atoms with Gasteiger partial charge in [0.2, 0.25) is 0 Å². The van der Waals surface area contributed by atoms with E-state index in [9.17, 15) is 0 Å². The molecule has 0 aliphatic rings. The average Bonchev–Trinajstić information content (AvgIpc) is 3.13. The molecule has 24 heavy (non-hydrogen) atoms. The molecule has 0 N–H and O–H groups in total. The lowest BCUT2D eigenvalue weighted by Gasteiger charge is -2.03. The van der Waals surface area contributed by atoms with Crippen LogP contribution < -0.4 is 0 Å². The van der Waals surface area contributed by atoms with Gasteiger partial charge in [-0.2, -0.15) is 0 Å². The van der Waals surface area contributed by atoms with Crippen molar-refractivity contribution in [2.24, 2.45) is 0 Å². The molecule has 0 aliphatic carbocycles. The first-order chi connectivity index (χ1) is 11.8. The van der Waals surface area contributed by atoms with Gasteiger partial charge in [0, 0.05) is 28.9 Å². The van der Waals surface area contributed by atoms with Crippen LogP contribution in [0.2, 0.25) is 0 Å². The molecular formula is C21H16N2S. The van der Waals surface area contributed by atoms with E-state index < -0.39 is 0 Å².